The number of fused-ring (bicyclic) bond motifs is 2. The van der Waals surface area contributed by atoms with Crippen molar-refractivity contribution in [3.63, 3.8) is 0 Å². The number of carbonyl (C=O) groups is 1. The molecule has 1 aromatic carbocycles. The summed E-state index contributed by atoms with van der Waals surface area (Å²) in [5.74, 6) is 1.70. The van der Waals surface area contributed by atoms with Gasteiger partial charge in [0, 0.05) is 43.6 Å². The first kappa shape index (κ1) is 21.1. The lowest BCUT2D eigenvalue weighted by Gasteiger charge is -2.29. The van der Waals surface area contributed by atoms with Crippen LogP contribution in [0.2, 0.25) is 0 Å². The zero-order valence-electron chi connectivity index (χ0n) is 18.6. The first-order valence-corrected chi connectivity index (χ1v) is 10.7. The van der Waals surface area contributed by atoms with Crippen LogP contribution >= 0.6 is 0 Å². The molecule has 0 atom stereocenters. The number of hydrogen-bond acceptors (Lipinski definition) is 6. The number of aromatic nitrogens is 3. The summed E-state index contributed by atoms with van der Waals surface area (Å²) in [5.41, 5.74) is 3.89. The minimum atomic E-state index is 0.125. The predicted octanol–water partition coefficient (Wildman–Crippen LogP) is 3.33. The molecule has 164 valence electrons. The SMILES string of the molecule is COc1ccc2cc1CN(C(C)C)CC(=O)N(C)CCCc1c[nH]c3ncnc(c13)N2. The zero-order chi connectivity index (χ0) is 22.0. The number of benzene rings is 1. The van der Waals surface area contributed by atoms with Crippen LogP contribution in [0.4, 0.5) is 11.5 Å². The fourth-order valence-electron chi connectivity index (χ4n) is 4.00. The number of anilines is 2. The Morgan fingerprint density at radius 3 is 2.77 bits per heavy atom. The summed E-state index contributed by atoms with van der Waals surface area (Å²) in [6.45, 7) is 5.91. The summed E-state index contributed by atoms with van der Waals surface area (Å²) in [4.78, 5) is 29.0. The van der Waals surface area contributed by atoms with Gasteiger partial charge in [0.2, 0.25) is 5.91 Å². The quantitative estimate of drug-likeness (QED) is 0.659. The van der Waals surface area contributed by atoms with E-state index >= 15 is 0 Å². The van der Waals surface area contributed by atoms with Gasteiger partial charge in [0.1, 0.15) is 23.5 Å². The third kappa shape index (κ3) is 4.49. The highest BCUT2D eigenvalue weighted by atomic mass is 16.5. The van der Waals surface area contributed by atoms with Gasteiger partial charge < -0.3 is 19.9 Å². The number of aryl methyl sites for hydroxylation is 1. The molecule has 1 amide bonds. The monoisotopic (exact) mass is 422 g/mol. The Bertz CT molecular complexity index is 1080. The Kier molecular flexibility index (Phi) is 6.08. The second kappa shape index (κ2) is 8.93. The van der Waals surface area contributed by atoms with Crippen molar-refractivity contribution in [2.24, 2.45) is 0 Å². The number of carbonyl (C=O) groups excluding carboxylic acids is 1. The molecule has 0 saturated carbocycles. The number of likely N-dealkylation sites (N-methyl/N-ethyl adjacent to an activating group) is 1. The number of amides is 1. The van der Waals surface area contributed by atoms with Crippen molar-refractivity contribution in [3.05, 3.63) is 41.9 Å². The van der Waals surface area contributed by atoms with E-state index in [2.05, 4.69) is 45.1 Å². The summed E-state index contributed by atoms with van der Waals surface area (Å²) < 4.78 is 5.61. The van der Waals surface area contributed by atoms with Gasteiger partial charge in [-0.3, -0.25) is 9.69 Å². The van der Waals surface area contributed by atoms with Gasteiger partial charge in [-0.1, -0.05) is 0 Å². The number of hydrogen-bond donors (Lipinski definition) is 2. The fraction of sp³-hybridized carbons (Fsp3) is 0.435. The minimum Gasteiger partial charge on any atom is -0.496 e. The summed E-state index contributed by atoms with van der Waals surface area (Å²) in [6.07, 6.45) is 5.26. The molecule has 0 aliphatic carbocycles. The highest BCUT2D eigenvalue weighted by molar-refractivity contribution is 5.92. The van der Waals surface area contributed by atoms with Crippen LogP contribution in [-0.2, 0) is 17.8 Å². The smallest absolute Gasteiger partial charge is 0.236 e. The zero-order valence-corrected chi connectivity index (χ0v) is 18.6. The van der Waals surface area contributed by atoms with Crippen molar-refractivity contribution in [2.45, 2.75) is 39.3 Å². The fourth-order valence-corrected chi connectivity index (χ4v) is 4.00. The van der Waals surface area contributed by atoms with Gasteiger partial charge in [-0.15, -0.1) is 0 Å². The molecule has 0 radical (unpaired) electrons. The van der Waals surface area contributed by atoms with Crippen molar-refractivity contribution in [2.75, 3.05) is 32.6 Å². The number of methoxy groups -OCH3 is 1. The second-order valence-electron chi connectivity index (χ2n) is 8.33. The molecule has 0 fully saturated rings. The third-order valence-corrected chi connectivity index (χ3v) is 5.90. The van der Waals surface area contributed by atoms with E-state index in [0.29, 0.717) is 19.6 Å². The Hall–Kier alpha value is -3.13. The van der Waals surface area contributed by atoms with Gasteiger partial charge >= 0.3 is 0 Å². The molecule has 8 heteroatoms. The summed E-state index contributed by atoms with van der Waals surface area (Å²) in [7, 11) is 3.55. The number of H-pyrrole nitrogens is 1. The lowest BCUT2D eigenvalue weighted by molar-refractivity contribution is -0.131. The molecule has 31 heavy (non-hydrogen) atoms. The van der Waals surface area contributed by atoms with Crippen LogP contribution in [-0.4, -0.2) is 63.9 Å². The van der Waals surface area contributed by atoms with Crippen LogP contribution in [0.1, 0.15) is 31.4 Å². The molecule has 0 spiro atoms. The molecule has 2 bridgehead atoms. The van der Waals surface area contributed by atoms with Crippen molar-refractivity contribution >= 4 is 28.4 Å². The molecule has 3 aromatic rings. The van der Waals surface area contributed by atoms with Crippen LogP contribution < -0.4 is 10.1 Å². The van der Waals surface area contributed by atoms with E-state index in [0.717, 1.165) is 52.3 Å². The molecule has 3 heterocycles. The van der Waals surface area contributed by atoms with Gasteiger partial charge in [-0.2, -0.15) is 0 Å². The van der Waals surface area contributed by atoms with Crippen LogP contribution in [0.5, 0.6) is 5.75 Å². The number of nitrogens with one attached hydrogen (secondary N) is 2. The van der Waals surface area contributed by atoms with E-state index in [1.165, 1.54) is 0 Å². The number of aromatic amines is 1. The molecule has 0 unspecified atom stereocenters. The van der Waals surface area contributed by atoms with Crippen LogP contribution in [0.3, 0.4) is 0 Å². The van der Waals surface area contributed by atoms with Gasteiger partial charge in [0.05, 0.1) is 19.0 Å². The second-order valence-corrected chi connectivity index (χ2v) is 8.33. The maximum Gasteiger partial charge on any atom is 0.236 e. The van der Waals surface area contributed by atoms with E-state index in [1.54, 1.807) is 13.4 Å². The van der Waals surface area contributed by atoms with Gasteiger partial charge in [0.25, 0.3) is 0 Å². The maximum atomic E-state index is 12.9. The van der Waals surface area contributed by atoms with Gasteiger partial charge in [-0.05, 0) is 50.5 Å². The minimum absolute atomic E-state index is 0.125. The average Bonchev–Trinajstić information content (AvgIpc) is 3.16. The number of rotatable bonds is 2. The molecular weight excluding hydrogens is 392 g/mol. The van der Waals surface area contributed by atoms with Crippen LogP contribution in [0.15, 0.2) is 30.7 Å². The largest absolute Gasteiger partial charge is 0.496 e. The van der Waals surface area contributed by atoms with E-state index < -0.39 is 0 Å². The lowest BCUT2D eigenvalue weighted by atomic mass is 10.1. The predicted molar refractivity (Wildman–Crippen MR) is 122 cm³/mol. The van der Waals surface area contributed by atoms with Gasteiger partial charge in [-0.25, -0.2) is 9.97 Å². The Morgan fingerprint density at radius 2 is 2.00 bits per heavy atom. The summed E-state index contributed by atoms with van der Waals surface area (Å²) >= 11 is 0. The van der Waals surface area contributed by atoms with Crippen LogP contribution in [0.25, 0.3) is 11.0 Å². The van der Waals surface area contributed by atoms with Crippen molar-refractivity contribution in [3.8, 4) is 5.75 Å². The molecular formula is C23H30N6O2. The Labute approximate surface area is 182 Å². The third-order valence-electron chi connectivity index (χ3n) is 5.90. The summed E-state index contributed by atoms with van der Waals surface area (Å²) in [5, 5.41) is 4.47. The molecule has 4 rings (SSSR count). The first-order chi connectivity index (χ1) is 15.0. The Morgan fingerprint density at radius 1 is 1.16 bits per heavy atom. The molecule has 8 nitrogen and oxygen atoms in total. The molecule has 1 aliphatic heterocycles. The van der Waals surface area contributed by atoms with Crippen molar-refractivity contribution < 1.29 is 9.53 Å². The van der Waals surface area contributed by atoms with Crippen LogP contribution in [0, 0.1) is 0 Å². The average molecular weight is 423 g/mol. The summed E-state index contributed by atoms with van der Waals surface area (Å²) in [6, 6.07) is 6.23. The first-order valence-electron chi connectivity index (χ1n) is 10.7. The normalized spacial score (nSPS) is 16.2. The van der Waals surface area contributed by atoms with Crippen molar-refractivity contribution in [1.82, 2.24) is 24.8 Å². The maximum absolute atomic E-state index is 12.9. The van der Waals surface area contributed by atoms with Gasteiger partial charge in [0.15, 0.2) is 0 Å². The standard InChI is InChI=1S/C23H30N6O2/c1-15(2)29-12-17-10-18(7-8-19(17)31-4)27-23-21-16(11-24-22(21)25-14-26-23)6-5-9-28(3)20(30)13-29/h7-8,10-11,14-15H,5-6,9,12-13H2,1-4H3,(H2,24,25,26,27). The molecule has 1 aliphatic rings. The molecule has 2 aromatic heterocycles. The van der Waals surface area contributed by atoms with E-state index in [4.69, 9.17) is 4.74 Å². The van der Waals surface area contributed by atoms with E-state index in [9.17, 15) is 4.79 Å². The highest BCUT2D eigenvalue weighted by Gasteiger charge is 2.20. The number of nitrogens with zero attached hydrogens (tertiary/aromatic N) is 4. The van der Waals surface area contributed by atoms with Crippen molar-refractivity contribution in [1.29, 1.82) is 0 Å². The molecule has 0 saturated heterocycles. The van der Waals surface area contributed by atoms with E-state index in [1.807, 2.05) is 30.3 Å². The topological polar surface area (TPSA) is 86.4 Å². The highest BCUT2D eigenvalue weighted by Crippen LogP contribution is 2.30. The molecule has 2 N–H and O–H groups in total. The van der Waals surface area contributed by atoms with E-state index in [-0.39, 0.29) is 11.9 Å². The number of ether oxygens (including phenoxy) is 1. The lowest BCUT2D eigenvalue weighted by Crippen LogP contribution is -2.41. The Balaban J connectivity index is 1.79.